The second kappa shape index (κ2) is 7.24. The topological polar surface area (TPSA) is 15.3 Å². The number of likely N-dealkylation sites (N-methyl/N-ethyl adjacent to an activating group) is 1. The van der Waals surface area contributed by atoms with Crippen LogP contribution in [0.15, 0.2) is 0 Å². The lowest BCUT2D eigenvalue weighted by Crippen LogP contribution is -2.36. The van der Waals surface area contributed by atoms with Crippen molar-refractivity contribution in [2.75, 3.05) is 32.7 Å². The zero-order valence-corrected chi connectivity index (χ0v) is 11.6. The maximum Gasteiger partial charge on any atom is 0.0107 e. The quantitative estimate of drug-likeness (QED) is 0.655. The number of nitrogens with one attached hydrogen (secondary N) is 1. The SMILES string of the molecule is CCN(CC)CCNCC(C)C(C)(C)C. The van der Waals surface area contributed by atoms with E-state index < -0.39 is 0 Å². The molecule has 2 heteroatoms. The fourth-order valence-electron chi connectivity index (χ4n) is 1.40. The monoisotopic (exact) mass is 214 g/mol. The number of hydrogen-bond donors (Lipinski definition) is 1. The van der Waals surface area contributed by atoms with Crippen LogP contribution in [0.2, 0.25) is 0 Å². The van der Waals surface area contributed by atoms with Gasteiger partial charge >= 0.3 is 0 Å². The fraction of sp³-hybridized carbons (Fsp3) is 1.00. The first-order chi connectivity index (χ1) is 6.91. The van der Waals surface area contributed by atoms with E-state index in [0.29, 0.717) is 5.41 Å². The molecule has 0 aromatic heterocycles. The van der Waals surface area contributed by atoms with Gasteiger partial charge in [-0.15, -0.1) is 0 Å². The fourth-order valence-corrected chi connectivity index (χ4v) is 1.40. The Bertz CT molecular complexity index is 145. The highest BCUT2D eigenvalue weighted by Gasteiger charge is 2.18. The average Bonchev–Trinajstić information content (AvgIpc) is 2.16. The zero-order valence-electron chi connectivity index (χ0n) is 11.6. The first-order valence-electron chi connectivity index (χ1n) is 6.34. The predicted molar refractivity (Wildman–Crippen MR) is 69.3 cm³/mol. The van der Waals surface area contributed by atoms with E-state index in [1.54, 1.807) is 0 Å². The van der Waals surface area contributed by atoms with Gasteiger partial charge in [-0.3, -0.25) is 0 Å². The smallest absolute Gasteiger partial charge is 0.0107 e. The van der Waals surface area contributed by atoms with Crippen LogP contribution in [0.1, 0.15) is 41.5 Å². The summed E-state index contributed by atoms with van der Waals surface area (Å²) in [5.41, 5.74) is 0.419. The van der Waals surface area contributed by atoms with Crippen LogP contribution in [-0.2, 0) is 0 Å². The minimum absolute atomic E-state index is 0.419. The molecule has 15 heavy (non-hydrogen) atoms. The van der Waals surface area contributed by atoms with Crippen molar-refractivity contribution in [3.05, 3.63) is 0 Å². The summed E-state index contributed by atoms with van der Waals surface area (Å²) in [5, 5.41) is 3.55. The molecule has 0 spiro atoms. The molecule has 0 bridgehead atoms. The van der Waals surface area contributed by atoms with Crippen LogP contribution in [0, 0.1) is 11.3 Å². The Hall–Kier alpha value is -0.0800. The molecule has 0 fully saturated rings. The van der Waals surface area contributed by atoms with Gasteiger partial charge in [0, 0.05) is 13.1 Å². The van der Waals surface area contributed by atoms with Crippen LogP contribution < -0.4 is 5.32 Å². The van der Waals surface area contributed by atoms with Crippen molar-refractivity contribution >= 4 is 0 Å². The molecule has 1 N–H and O–H groups in total. The van der Waals surface area contributed by atoms with Gasteiger partial charge in [-0.2, -0.15) is 0 Å². The Morgan fingerprint density at radius 3 is 2.07 bits per heavy atom. The molecular weight excluding hydrogens is 184 g/mol. The molecule has 0 saturated heterocycles. The molecule has 0 aliphatic rings. The van der Waals surface area contributed by atoms with Crippen molar-refractivity contribution in [2.24, 2.45) is 11.3 Å². The third-order valence-electron chi connectivity index (χ3n) is 3.43. The number of rotatable bonds is 7. The van der Waals surface area contributed by atoms with Gasteiger partial charge in [0.2, 0.25) is 0 Å². The lowest BCUT2D eigenvalue weighted by atomic mass is 9.82. The van der Waals surface area contributed by atoms with Gasteiger partial charge in [0.15, 0.2) is 0 Å². The summed E-state index contributed by atoms with van der Waals surface area (Å²) < 4.78 is 0. The molecule has 0 aliphatic carbocycles. The molecule has 0 aromatic rings. The second-order valence-corrected chi connectivity index (χ2v) is 5.50. The van der Waals surface area contributed by atoms with E-state index in [2.05, 4.69) is 51.8 Å². The molecule has 1 atom stereocenters. The third-order valence-corrected chi connectivity index (χ3v) is 3.43. The first kappa shape index (κ1) is 14.9. The zero-order chi connectivity index (χ0) is 11.9. The van der Waals surface area contributed by atoms with Crippen molar-refractivity contribution in [1.82, 2.24) is 10.2 Å². The van der Waals surface area contributed by atoms with E-state index >= 15 is 0 Å². The van der Waals surface area contributed by atoms with E-state index in [-0.39, 0.29) is 0 Å². The van der Waals surface area contributed by atoms with Crippen LogP contribution in [0.3, 0.4) is 0 Å². The maximum atomic E-state index is 3.55. The van der Waals surface area contributed by atoms with Gasteiger partial charge in [-0.25, -0.2) is 0 Å². The largest absolute Gasteiger partial charge is 0.315 e. The molecule has 1 unspecified atom stereocenters. The Labute approximate surface area is 96.4 Å². The van der Waals surface area contributed by atoms with Crippen LogP contribution in [0.4, 0.5) is 0 Å². The molecule has 0 heterocycles. The average molecular weight is 214 g/mol. The van der Waals surface area contributed by atoms with Crippen molar-refractivity contribution in [2.45, 2.75) is 41.5 Å². The highest BCUT2D eigenvalue weighted by Crippen LogP contribution is 2.24. The van der Waals surface area contributed by atoms with Crippen LogP contribution >= 0.6 is 0 Å². The minimum atomic E-state index is 0.419. The van der Waals surface area contributed by atoms with Gasteiger partial charge < -0.3 is 10.2 Å². The number of hydrogen-bond acceptors (Lipinski definition) is 2. The summed E-state index contributed by atoms with van der Waals surface area (Å²) >= 11 is 0. The first-order valence-corrected chi connectivity index (χ1v) is 6.34. The highest BCUT2D eigenvalue weighted by molar-refractivity contribution is 4.72. The maximum absolute atomic E-state index is 3.55. The normalized spacial score (nSPS) is 14.6. The Morgan fingerprint density at radius 2 is 1.67 bits per heavy atom. The van der Waals surface area contributed by atoms with Crippen molar-refractivity contribution in [3.63, 3.8) is 0 Å². The van der Waals surface area contributed by atoms with E-state index in [9.17, 15) is 0 Å². The van der Waals surface area contributed by atoms with Gasteiger partial charge in [0.05, 0.1) is 0 Å². The van der Waals surface area contributed by atoms with Crippen molar-refractivity contribution in [1.29, 1.82) is 0 Å². The summed E-state index contributed by atoms with van der Waals surface area (Å²) in [6.07, 6.45) is 0. The molecule has 2 nitrogen and oxygen atoms in total. The Balaban J connectivity index is 3.54. The van der Waals surface area contributed by atoms with Crippen molar-refractivity contribution in [3.8, 4) is 0 Å². The van der Waals surface area contributed by atoms with E-state index in [4.69, 9.17) is 0 Å². The third kappa shape index (κ3) is 6.91. The molecule has 0 aliphatic heterocycles. The Kier molecular flexibility index (Phi) is 7.20. The summed E-state index contributed by atoms with van der Waals surface area (Å²) in [7, 11) is 0. The minimum Gasteiger partial charge on any atom is -0.315 e. The molecular formula is C13H30N2. The summed E-state index contributed by atoms with van der Waals surface area (Å²) in [6, 6.07) is 0. The molecule has 0 amide bonds. The molecule has 0 saturated carbocycles. The van der Waals surface area contributed by atoms with Gasteiger partial charge in [0.25, 0.3) is 0 Å². The van der Waals surface area contributed by atoms with Gasteiger partial charge in [0.1, 0.15) is 0 Å². The van der Waals surface area contributed by atoms with Crippen molar-refractivity contribution < 1.29 is 0 Å². The van der Waals surface area contributed by atoms with Crippen LogP contribution in [0.25, 0.3) is 0 Å². The van der Waals surface area contributed by atoms with Crippen LogP contribution in [-0.4, -0.2) is 37.6 Å². The van der Waals surface area contributed by atoms with E-state index in [1.165, 1.54) is 6.54 Å². The molecule has 92 valence electrons. The second-order valence-electron chi connectivity index (χ2n) is 5.50. The molecule has 0 rings (SSSR count). The van der Waals surface area contributed by atoms with Crippen LogP contribution in [0.5, 0.6) is 0 Å². The summed E-state index contributed by atoms with van der Waals surface area (Å²) in [5.74, 6) is 0.731. The van der Waals surface area contributed by atoms with E-state index in [1.807, 2.05) is 0 Å². The summed E-state index contributed by atoms with van der Waals surface area (Å²) in [4.78, 5) is 2.45. The van der Waals surface area contributed by atoms with Gasteiger partial charge in [-0.05, 0) is 31.0 Å². The van der Waals surface area contributed by atoms with Gasteiger partial charge in [-0.1, -0.05) is 41.5 Å². The summed E-state index contributed by atoms with van der Waals surface area (Å²) in [6.45, 7) is 19.4. The Morgan fingerprint density at radius 1 is 1.13 bits per heavy atom. The van der Waals surface area contributed by atoms with E-state index in [0.717, 1.165) is 32.1 Å². The molecule has 0 aromatic carbocycles. The standard InChI is InChI=1S/C13H30N2/c1-7-15(8-2)10-9-14-11-12(3)13(4,5)6/h12,14H,7-11H2,1-6H3. The highest BCUT2D eigenvalue weighted by atomic mass is 15.1. The predicted octanol–water partition coefficient (Wildman–Crippen LogP) is 2.60. The molecule has 0 radical (unpaired) electrons. The number of nitrogens with zero attached hydrogens (tertiary/aromatic N) is 1. The lowest BCUT2D eigenvalue weighted by Gasteiger charge is -2.28. The lowest BCUT2D eigenvalue weighted by molar-refractivity contribution is 0.244.